The molecular formula is C12H15F2NO3. The minimum Gasteiger partial charge on any atom is -0.435 e. The standard InChI is InChI=1S/C12H15F2NO3/c1-2-9(7-16)15-11(17)8-3-5-10(6-4-8)18-12(13)14/h3-6,9,12,16H,2,7H2,1H3,(H,15,17)/t9-/m1/s1. The van der Waals surface area contributed by atoms with Crippen molar-refractivity contribution in [2.45, 2.75) is 26.0 Å². The van der Waals surface area contributed by atoms with Gasteiger partial charge in [-0.25, -0.2) is 0 Å². The van der Waals surface area contributed by atoms with Crippen LogP contribution < -0.4 is 10.1 Å². The summed E-state index contributed by atoms with van der Waals surface area (Å²) in [6.45, 7) is -1.20. The molecule has 0 spiro atoms. The maximum Gasteiger partial charge on any atom is 0.387 e. The third-order valence-corrected chi connectivity index (χ3v) is 2.39. The van der Waals surface area contributed by atoms with E-state index >= 15 is 0 Å². The van der Waals surface area contributed by atoms with Gasteiger partial charge in [0.25, 0.3) is 5.91 Å². The predicted octanol–water partition coefficient (Wildman–Crippen LogP) is 1.79. The van der Waals surface area contributed by atoms with E-state index in [1.165, 1.54) is 24.3 Å². The monoisotopic (exact) mass is 259 g/mol. The lowest BCUT2D eigenvalue weighted by atomic mass is 10.1. The Bertz CT molecular complexity index is 377. The van der Waals surface area contributed by atoms with E-state index < -0.39 is 6.61 Å². The number of carbonyl (C=O) groups is 1. The van der Waals surface area contributed by atoms with Crippen molar-refractivity contribution < 1.29 is 23.4 Å². The second kappa shape index (κ2) is 6.90. The van der Waals surface area contributed by atoms with Gasteiger partial charge in [0.05, 0.1) is 12.6 Å². The Morgan fingerprint density at radius 2 is 2.00 bits per heavy atom. The molecule has 0 aliphatic carbocycles. The second-order valence-electron chi connectivity index (χ2n) is 3.66. The van der Waals surface area contributed by atoms with Crippen molar-refractivity contribution in [2.75, 3.05) is 6.61 Å². The van der Waals surface area contributed by atoms with E-state index in [-0.39, 0.29) is 24.3 Å². The Kier molecular flexibility index (Phi) is 5.51. The van der Waals surface area contributed by atoms with Crippen LogP contribution in [0, 0.1) is 0 Å². The van der Waals surface area contributed by atoms with Gasteiger partial charge in [-0.3, -0.25) is 4.79 Å². The van der Waals surface area contributed by atoms with Crippen molar-refractivity contribution in [3.63, 3.8) is 0 Å². The zero-order valence-electron chi connectivity index (χ0n) is 9.90. The SMILES string of the molecule is CC[C@H](CO)NC(=O)c1ccc(OC(F)F)cc1. The Balaban J connectivity index is 2.64. The number of carbonyl (C=O) groups excluding carboxylic acids is 1. The Labute approximate surface area is 104 Å². The molecule has 1 aromatic rings. The van der Waals surface area contributed by atoms with Crippen LogP contribution in [0.5, 0.6) is 5.75 Å². The number of aliphatic hydroxyl groups is 1. The predicted molar refractivity (Wildman–Crippen MR) is 61.7 cm³/mol. The summed E-state index contributed by atoms with van der Waals surface area (Å²) < 4.78 is 28.0. The Morgan fingerprint density at radius 3 is 2.44 bits per heavy atom. The highest BCUT2D eigenvalue weighted by Crippen LogP contribution is 2.14. The molecule has 0 fully saturated rings. The van der Waals surface area contributed by atoms with E-state index in [0.717, 1.165) is 0 Å². The third-order valence-electron chi connectivity index (χ3n) is 2.39. The molecule has 0 saturated carbocycles. The van der Waals surface area contributed by atoms with Crippen molar-refractivity contribution in [3.05, 3.63) is 29.8 Å². The van der Waals surface area contributed by atoms with Crippen LogP contribution in [0.4, 0.5) is 8.78 Å². The van der Waals surface area contributed by atoms with Crippen LogP contribution in [-0.2, 0) is 0 Å². The summed E-state index contributed by atoms with van der Waals surface area (Å²) in [5, 5.41) is 11.6. The largest absolute Gasteiger partial charge is 0.435 e. The van der Waals surface area contributed by atoms with E-state index in [9.17, 15) is 13.6 Å². The van der Waals surface area contributed by atoms with Crippen LogP contribution in [0.1, 0.15) is 23.7 Å². The summed E-state index contributed by atoms with van der Waals surface area (Å²) in [6, 6.07) is 5.05. The van der Waals surface area contributed by atoms with E-state index in [1.807, 2.05) is 6.92 Å². The molecular weight excluding hydrogens is 244 g/mol. The molecule has 1 amide bonds. The third kappa shape index (κ3) is 4.29. The van der Waals surface area contributed by atoms with Crippen molar-refractivity contribution in [1.82, 2.24) is 5.32 Å². The topological polar surface area (TPSA) is 58.6 Å². The maximum atomic E-state index is 11.9. The van der Waals surface area contributed by atoms with Crippen molar-refractivity contribution in [1.29, 1.82) is 0 Å². The van der Waals surface area contributed by atoms with Crippen LogP contribution in [0.25, 0.3) is 0 Å². The van der Waals surface area contributed by atoms with Crippen LogP contribution >= 0.6 is 0 Å². The normalized spacial score (nSPS) is 12.3. The van der Waals surface area contributed by atoms with Gasteiger partial charge in [-0.05, 0) is 30.7 Å². The van der Waals surface area contributed by atoms with Gasteiger partial charge < -0.3 is 15.2 Å². The molecule has 0 bridgehead atoms. The van der Waals surface area contributed by atoms with Gasteiger partial charge in [0.1, 0.15) is 5.75 Å². The number of hydrogen-bond acceptors (Lipinski definition) is 3. The molecule has 1 atom stereocenters. The molecule has 18 heavy (non-hydrogen) atoms. The fraction of sp³-hybridized carbons (Fsp3) is 0.417. The molecule has 4 nitrogen and oxygen atoms in total. The lowest BCUT2D eigenvalue weighted by Gasteiger charge is -2.14. The number of nitrogens with one attached hydrogen (secondary N) is 1. The van der Waals surface area contributed by atoms with Crippen LogP contribution in [0.2, 0.25) is 0 Å². The maximum absolute atomic E-state index is 11.9. The zero-order valence-corrected chi connectivity index (χ0v) is 9.90. The molecule has 1 aromatic carbocycles. The molecule has 1 rings (SSSR count). The van der Waals surface area contributed by atoms with Gasteiger partial charge in [-0.2, -0.15) is 8.78 Å². The average Bonchev–Trinajstić information content (AvgIpc) is 2.35. The van der Waals surface area contributed by atoms with Crippen LogP contribution in [0.3, 0.4) is 0 Å². The minimum absolute atomic E-state index is 0.00394. The number of alkyl halides is 2. The number of benzene rings is 1. The first kappa shape index (κ1) is 14.4. The molecule has 0 unspecified atom stereocenters. The van der Waals surface area contributed by atoms with Gasteiger partial charge in [0, 0.05) is 5.56 Å². The molecule has 0 radical (unpaired) electrons. The minimum atomic E-state index is -2.89. The summed E-state index contributed by atoms with van der Waals surface area (Å²) in [5.41, 5.74) is 0.323. The van der Waals surface area contributed by atoms with Crippen LogP contribution in [0.15, 0.2) is 24.3 Å². The Morgan fingerprint density at radius 1 is 1.39 bits per heavy atom. The van der Waals surface area contributed by atoms with Crippen molar-refractivity contribution in [3.8, 4) is 5.75 Å². The second-order valence-corrected chi connectivity index (χ2v) is 3.66. The molecule has 100 valence electrons. The summed E-state index contributed by atoms with van der Waals surface area (Å²) in [6.07, 6.45) is 0.606. The van der Waals surface area contributed by atoms with Gasteiger partial charge in [-0.1, -0.05) is 6.92 Å². The number of rotatable bonds is 6. The molecule has 2 N–H and O–H groups in total. The number of hydrogen-bond donors (Lipinski definition) is 2. The number of ether oxygens (including phenoxy) is 1. The molecule has 0 aliphatic rings. The number of aliphatic hydroxyl groups excluding tert-OH is 1. The molecule has 6 heteroatoms. The fourth-order valence-electron chi connectivity index (χ4n) is 1.33. The highest BCUT2D eigenvalue weighted by Gasteiger charge is 2.11. The molecule has 0 saturated heterocycles. The van der Waals surface area contributed by atoms with E-state index in [1.54, 1.807) is 0 Å². The first-order valence-electron chi connectivity index (χ1n) is 5.53. The lowest BCUT2D eigenvalue weighted by Crippen LogP contribution is -2.36. The average molecular weight is 259 g/mol. The molecule has 0 aromatic heterocycles. The lowest BCUT2D eigenvalue weighted by molar-refractivity contribution is -0.0498. The Hall–Kier alpha value is -1.69. The van der Waals surface area contributed by atoms with E-state index in [4.69, 9.17) is 5.11 Å². The smallest absolute Gasteiger partial charge is 0.387 e. The first-order valence-corrected chi connectivity index (χ1v) is 5.53. The fourth-order valence-corrected chi connectivity index (χ4v) is 1.33. The summed E-state index contributed by atoms with van der Waals surface area (Å²) in [7, 11) is 0. The number of halogens is 2. The zero-order chi connectivity index (χ0) is 13.5. The van der Waals surface area contributed by atoms with Gasteiger partial charge in [-0.15, -0.1) is 0 Å². The summed E-state index contributed by atoms with van der Waals surface area (Å²) in [4.78, 5) is 11.7. The van der Waals surface area contributed by atoms with Crippen molar-refractivity contribution in [2.24, 2.45) is 0 Å². The highest BCUT2D eigenvalue weighted by molar-refractivity contribution is 5.94. The summed E-state index contributed by atoms with van der Waals surface area (Å²) >= 11 is 0. The summed E-state index contributed by atoms with van der Waals surface area (Å²) in [5.74, 6) is -0.366. The molecule has 0 heterocycles. The quantitative estimate of drug-likeness (QED) is 0.818. The van der Waals surface area contributed by atoms with Gasteiger partial charge >= 0.3 is 6.61 Å². The van der Waals surface area contributed by atoms with Crippen LogP contribution in [-0.4, -0.2) is 30.3 Å². The first-order chi connectivity index (χ1) is 8.56. The van der Waals surface area contributed by atoms with Gasteiger partial charge in [0.15, 0.2) is 0 Å². The highest BCUT2D eigenvalue weighted by atomic mass is 19.3. The van der Waals surface area contributed by atoms with E-state index in [2.05, 4.69) is 10.1 Å². The van der Waals surface area contributed by atoms with Gasteiger partial charge in [0.2, 0.25) is 0 Å². The van der Waals surface area contributed by atoms with Crippen molar-refractivity contribution >= 4 is 5.91 Å². The number of amides is 1. The molecule has 0 aliphatic heterocycles. The van der Waals surface area contributed by atoms with E-state index in [0.29, 0.717) is 12.0 Å².